The molecule has 0 spiro atoms. The maximum absolute atomic E-state index is 4.24. The monoisotopic (exact) mass is 195 g/mol. The molecule has 1 aliphatic carbocycles. The van der Waals surface area contributed by atoms with Crippen LogP contribution in [0.15, 0.2) is 0 Å². The van der Waals surface area contributed by atoms with Gasteiger partial charge < -0.3 is 5.32 Å². The van der Waals surface area contributed by atoms with Crippen LogP contribution in [0.4, 0.5) is 0 Å². The second-order valence-corrected chi connectivity index (χ2v) is 4.70. The first-order valence-corrected chi connectivity index (χ1v) is 4.96. The molecule has 1 heterocycles. The maximum Gasteiger partial charge on any atom is 0.191 e. The fraction of sp³-hybridized carbons (Fsp3) is 0.889. The smallest absolute Gasteiger partial charge is 0.191 e. The van der Waals surface area contributed by atoms with Gasteiger partial charge in [-0.3, -0.25) is 0 Å². The normalized spacial score (nSPS) is 26.1. The van der Waals surface area contributed by atoms with Gasteiger partial charge in [-0.15, -0.1) is 10.2 Å². The van der Waals surface area contributed by atoms with Crippen molar-refractivity contribution in [3.05, 3.63) is 5.82 Å². The fourth-order valence-electron chi connectivity index (χ4n) is 2.01. The lowest BCUT2D eigenvalue weighted by Crippen LogP contribution is -2.22. The van der Waals surface area contributed by atoms with Crippen LogP contribution >= 0.6 is 0 Å². The molecule has 1 fully saturated rings. The van der Waals surface area contributed by atoms with E-state index in [1.54, 1.807) is 7.05 Å². The Labute approximate surface area is 83.9 Å². The summed E-state index contributed by atoms with van der Waals surface area (Å²) >= 11 is 0. The molecule has 0 amide bonds. The summed E-state index contributed by atoms with van der Waals surface area (Å²) in [5.74, 6) is 1.45. The zero-order valence-electron chi connectivity index (χ0n) is 9.15. The summed E-state index contributed by atoms with van der Waals surface area (Å²) in [4.78, 5) is 1.51. The number of aromatic nitrogens is 4. The van der Waals surface area contributed by atoms with E-state index >= 15 is 0 Å². The standard InChI is InChI=1S/C9H17N5/c1-9(2)5-6(9)7(10-3)8-11-13-14(4)12-8/h6-7,10H,5H2,1-4H3. The molecular formula is C9H17N5. The first kappa shape index (κ1) is 9.58. The lowest BCUT2D eigenvalue weighted by atomic mass is 10.0. The molecule has 1 aromatic rings. The largest absolute Gasteiger partial charge is 0.310 e. The highest BCUT2D eigenvalue weighted by Crippen LogP contribution is 2.57. The molecule has 14 heavy (non-hydrogen) atoms. The van der Waals surface area contributed by atoms with Gasteiger partial charge in [0.15, 0.2) is 5.82 Å². The molecule has 0 saturated heterocycles. The summed E-state index contributed by atoms with van der Waals surface area (Å²) in [6.07, 6.45) is 1.23. The number of hydrogen-bond donors (Lipinski definition) is 1. The summed E-state index contributed by atoms with van der Waals surface area (Å²) < 4.78 is 0. The van der Waals surface area contributed by atoms with Crippen LogP contribution in [-0.4, -0.2) is 27.3 Å². The number of rotatable bonds is 3. The summed E-state index contributed by atoms with van der Waals surface area (Å²) in [6, 6.07) is 0.249. The molecule has 1 saturated carbocycles. The lowest BCUT2D eigenvalue weighted by Gasteiger charge is -2.13. The second-order valence-electron chi connectivity index (χ2n) is 4.70. The lowest BCUT2D eigenvalue weighted by molar-refractivity contribution is 0.423. The van der Waals surface area contributed by atoms with Crippen molar-refractivity contribution in [2.45, 2.75) is 26.3 Å². The van der Waals surface area contributed by atoms with Gasteiger partial charge in [-0.05, 0) is 30.0 Å². The SMILES string of the molecule is CNC(c1nnn(C)n1)C1CC1(C)C. The number of nitrogens with one attached hydrogen (secondary N) is 1. The Morgan fingerprint density at radius 2 is 2.21 bits per heavy atom. The van der Waals surface area contributed by atoms with Crippen molar-refractivity contribution in [2.75, 3.05) is 7.05 Å². The molecule has 2 unspecified atom stereocenters. The molecule has 0 aromatic carbocycles. The Bertz CT molecular complexity index is 330. The minimum atomic E-state index is 0.249. The van der Waals surface area contributed by atoms with Crippen LogP contribution in [-0.2, 0) is 7.05 Å². The van der Waals surface area contributed by atoms with Crippen LogP contribution < -0.4 is 5.32 Å². The van der Waals surface area contributed by atoms with E-state index in [1.165, 1.54) is 11.2 Å². The highest BCUT2D eigenvalue weighted by atomic mass is 15.6. The van der Waals surface area contributed by atoms with Crippen LogP contribution in [0.3, 0.4) is 0 Å². The Kier molecular flexibility index (Phi) is 2.06. The van der Waals surface area contributed by atoms with Crippen molar-refractivity contribution in [1.29, 1.82) is 0 Å². The zero-order chi connectivity index (χ0) is 10.3. The van der Waals surface area contributed by atoms with Crippen molar-refractivity contribution in [1.82, 2.24) is 25.5 Å². The van der Waals surface area contributed by atoms with Crippen LogP contribution in [0.5, 0.6) is 0 Å². The fourth-order valence-corrected chi connectivity index (χ4v) is 2.01. The van der Waals surface area contributed by atoms with E-state index in [-0.39, 0.29) is 6.04 Å². The molecule has 1 aromatic heterocycles. The van der Waals surface area contributed by atoms with Crippen LogP contribution in [0.1, 0.15) is 32.1 Å². The Morgan fingerprint density at radius 1 is 1.57 bits per heavy atom. The summed E-state index contributed by atoms with van der Waals surface area (Å²) in [7, 11) is 3.75. The van der Waals surface area contributed by atoms with Gasteiger partial charge in [-0.25, -0.2) is 0 Å². The van der Waals surface area contributed by atoms with E-state index in [0.717, 1.165) is 5.82 Å². The molecule has 1 N–H and O–H groups in total. The third kappa shape index (κ3) is 1.52. The first-order chi connectivity index (χ1) is 6.54. The van der Waals surface area contributed by atoms with E-state index in [9.17, 15) is 0 Å². The molecule has 0 radical (unpaired) electrons. The van der Waals surface area contributed by atoms with Crippen molar-refractivity contribution in [3.63, 3.8) is 0 Å². The minimum Gasteiger partial charge on any atom is -0.310 e. The number of nitrogens with zero attached hydrogens (tertiary/aromatic N) is 4. The van der Waals surface area contributed by atoms with E-state index in [4.69, 9.17) is 0 Å². The third-order valence-electron chi connectivity index (χ3n) is 3.10. The number of hydrogen-bond acceptors (Lipinski definition) is 4. The molecule has 78 valence electrons. The predicted molar refractivity (Wildman–Crippen MR) is 52.5 cm³/mol. The van der Waals surface area contributed by atoms with Gasteiger partial charge in [-0.1, -0.05) is 13.8 Å². The highest BCUT2D eigenvalue weighted by Gasteiger charge is 2.51. The molecule has 1 aliphatic rings. The van der Waals surface area contributed by atoms with Gasteiger partial charge in [0.1, 0.15) is 0 Å². The molecule has 5 nitrogen and oxygen atoms in total. The van der Waals surface area contributed by atoms with Gasteiger partial charge in [0.25, 0.3) is 0 Å². The van der Waals surface area contributed by atoms with Crippen molar-refractivity contribution in [3.8, 4) is 0 Å². The van der Waals surface area contributed by atoms with E-state index in [1.807, 2.05) is 7.05 Å². The van der Waals surface area contributed by atoms with Gasteiger partial charge >= 0.3 is 0 Å². The summed E-state index contributed by atoms with van der Waals surface area (Å²) in [5, 5.41) is 15.4. The molecule has 2 rings (SSSR count). The first-order valence-electron chi connectivity index (χ1n) is 4.96. The van der Waals surface area contributed by atoms with E-state index < -0.39 is 0 Å². The van der Waals surface area contributed by atoms with E-state index in [2.05, 4.69) is 34.6 Å². The molecular weight excluding hydrogens is 178 g/mol. The quantitative estimate of drug-likeness (QED) is 0.763. The van der Waals surface area contributed by atoms with Crippen molar-refractivity contribution in [2.24, 2.45) is 18.4 Å². The minimum absolute atomic E-state index is 0.249. The molecule has 0 bridgehead atoms. The van der Waals surface area contributed by atoms with Gasteiger partial charge in [0, 0.05) is 0 Å². The maximum atomic E-state index is 4.24. The molecule has 0 aliphatic heterocycles. The average molecular weight is 195 g/mol. The van der Waals surface area contributed by atoms with Crippen molar-refractivity contribution < 1.29 is 0 Å². The van der Waals surface area contributed by atoms with Gasteiger partial charge in [0.2, 0.25) is 0 Å². The Hall–Kier alpha value is -0.970. The predicted octanol–water partition coefficient (Wildman–Crippen LogP) is 0.517. The van der Waals surface area contributed by atoms with Gasteiger partial charge in [0.05, 0.1) is 13.1 Å². The Balaban J connectivity index is 2.15. The molecule has 5 heteroatoms. The Morgan fingerprint density at radius 3 is 2.57 bits per heavy atom. The highest BCUT2D eigenvalue weighted by molar-refractivity contribution is 5.07. The van der Waals surface area contributed by atoms with Crippen molar-refractivity contribution >= 4 is 0 Å². The topological polar surface area (TPSA) is 55.6 Å². The third-order valence-corrected chi connectivity index (χ3v) is 3.10. The van der Waals surface area contributed by atoms with Gasteiger partial charge in [-0.2, -0.15) is 4.80 Å². The van der Waals surface area contributed by atoms with Crippen LogP contribution in [0, 0.1) is 11.3 Å². The summed E-state index contributed by atoms with van der Waals surface area (Å²) in [5.41, 5.74) is 0.423. The number of tetrazole rings is 1. The van der Waals surface area contributed by atoms with E-state index in [0.29, 0.717) is 11.3 Å². The molecule has 2 atom stereocenters. The zero-order valence-corrected chi connectivity index (χ0v) is 9.15. The van der Waals surface area contributed by atoms with Crippen LogP contribution in [0.25, 0.3) is 0 Å². The van der Waals surface area contributed by atoms with Crippen LogP contribution in [0.2, 0.25) is 0 Å². The average Bonchev–Trinajstić information content (AvgIpc) is 2.56. The summed E-state index contributed by atoms with van der Waals surface area (Å²) in [6.45, 7) is 4.55. The number of aryl methyl sites for hydroxylation is 1. The second kappa shape index (κ2) is 3.02.